The number of carbonyl (C=O) groups is 1. The lowest BCUT2D eigenvalue weighted by molar-refractivity contribution is -0.120. The van der Waals surface area contributed by atoms with Crippen molar-refractivity contribution in [3.05, 3.63) is 63.3 Å². The number of aryl methyl sites for hydroxylation is 2. The molecule has 3 aromatic rings. The van der Waals surface area contributed by atoms with Gasteiger partial charge >= 0.3 is 0 Å². The monoisotopic (exact) mass is 356 g/mol. The first-order chi connectivity index (χ1) is 12.0. The molecule has 6 nitrogen and oxygen atoms in total. The SMILES string of the molecule is Cc1csc(CC(=O)N/N=C\c2cc(C)n(Cc3ccco3)c2C)n1. The molecule has 0 unspecified atom stereocenters. The minimum atomic E-state index is -0.171. The summed E-state index contributed by atoms with van der Waals surface area (Å²) in [6.07, 6.45) is 3.59. The highest BCUT2D eigenvalue weighted by molar-refractivity contribution is 7.09. The highest BCUT2D eigenvalue weighted by Gasteiger charge is 2.10. The van der Waals surface area contributed by atoms with Crippen molar-refractivity contribution in [2.24, 2.45) is 5.10 Å². The van der Waals surface area contributed by atoms with E-state index in [-0.39, 0.29) is 12.3 Å². The van der Waals surface area contributed by atoms with Crippen LogP contribution in [0.3, 0.4) is 0 Å². The number of hydrogen-bond donors (Lipinski definition) is 1. The number of thiazole rings is 1. The molecule has 1 N–H and O–H groups in total. The van der Waals surface area contributed by atoms with Gasteiger partial charge in [0.2, 0.25) is 5.91 Å². The lowest BCUT2D eigenvalue weighted by atomic mass is 10.3. The molecule has 25 heavy (non-hydrogen) atoms. The summed E-state index contributed by atoms with van der Waals surface area (Å²) in [5, 5.41) is 6.80. The molecule has 0 fully saturated rings. The number of aromatic nitrogens is 2. The molecule has 0 bridgehead atoms. The van der Waals surface area contributed by atoms with Crippen molar-refractivity contribution in [3.63, 3.8) is 0 Å². The number of hydrogen-bond acceptors (Lipinski definition) is 5. The fraction of sp³-hybridized carbons (Fsp3) is 0.278. The second-order valence-corrected chi connectivity index (χ2v) is 6.79. The predicted molar refractivity (Wildman–Crippen MR) is 98.0 cm³/mol. The van der Waals surface area contributed by atoms with Gasteiger partial charge in [0.15, 0.2) is 0 Å². The van der Waals surface area contributed by atoms with E-state index in [4.69, 9.17) is 4.42 Å². The van der Waals surface area contributed by atoms with Gasteiger partial charge in [-0.1, -0.05) is 0 Å². The van der Waals surface area contributed by atoms with E-state index in [0.29, 0.717) is 6.54 Å². The van der Waals surface area contributed by atoms with Gasteiger partial charge in [0.25, 0.3) is 0 Å². The highest BCUT2D eigenvalue weighted by atomic mass is 32.1. The van der Waals surface area contributed by atoms with Crippen LogP contribution in [0.1, 0.15) is 33.4 Å². The Bertz CT molecular complexity index is 890. The van der Waals surface area contributed by atoms with E-state index >= 15 is 0 Å². The molecule has 7 heteroatoms. The van der Waals surface area contributed by atoms with Crippen LogP contribution in [0.15, 0.2) is 39.4 Å². The molecule has 0 radical (unpaired) electrons. The molecule has 3 rings (SSSR count). The largest absolute Gasteiger partial charge is 0.467 e. The maximum absolute atomic E-state index is 11.9. The summed E-state index contributed by atoms with van der Waals surface area (Å²) < 4.78 is 7.56. The quantitative estimate of drug-likeness (QED) is 0.544. The fourth-order valence-corrected chi connectivity index (χ4v) is 3.37. The van der Waals surface area contributed by atoms with Gasteiger partial charge in [-0.3, -0.25) is 4.79 Å². The summed E-state index contributed by atoms with van der Waals surface area (Å²) in [5.41, 5.74) is 6.64. The molecule has 3 aromatic heterocycles. The Labute approximate surface area is 150 Å². The van der Waals surface area contributed by atoms with Gasteiger partial charge < -0.3 is 8.98 Å². The molecule has 130 valence electrons. The van der Waals surface area contributed by atoms with E-state index in [2.05, 4.69) is 20.1 Å². The van der Waals surface area contributed by atoms with Crippen LogP contribution in [0.4, 0.5) is 0 Å². The molecule has 0 spiro atoms. The third-order valence-electron chi connectivity index (χ3n) is 3.88. The van der Waals surface area contributed by atoms with Crippen molar-refractivity contribution in [2.75, 3.05) is 0 Å². The van der Waals surface area contributed by atoms with Crippen molar-refractivity contribution in [1.29, 1.82) is 0 Å². The molecular formula is C18H20N4O2S. The number of carbonyl (C=O) groups excluding carboxylic acids is 1. The van der Waals surface area contributed by atoms with E-state index in [1.165, 1.54) is 11.3 Å². The Morgan fingerprint density at radius 1 is 1.44 bits per heavy atom. The Morgan fingerprint density at radius 2 is 2.28 bits per heavy atom. The van der Waals surface area contributed by atoms with Crippen LogP contribution in [0, 0.1) is 20.8 Å². The molecule has 0 saturated carbocycles. The van der Waals surface area contributed by atoms with Gasteiger partial charge in [0, 0.05) is 28.0 Å². The Hall–Kier alpha value is -2.67. The lowest BCUT2D eigenvalue weighted by Crippen LogP contribution is -2.19. The fourth-order valence-electron chi connectivity index (χ4n) is 2.59. The van der Waals surface area contributed by atoms with E-state index < -0.39 is 0 Å². The van der Waals surface area contributed by atoms with Crippen LogP contribution in [-0.2, 0) is 17.8 Å². The first-order valence-electron chi connectivity index (χ1n) is 7.95. The van der Waals surface area contributed by atoms with Crippen LogP contribution < -0.4 is 5.43 Å². The normalized spacial score (nSPS) is 11.3. The Balaban J connectivity index is 1.62. The van der Waals surface area contributed by atoms with Gasteiger partial charge in [-0.25, -0.2) is 10.4 Å². The molecule has 0 aromatic carbocycles. The second kappa shape index (κ2) is 7.48. The minimum Gasteiger partial charge on any atom is -0.467 e. The number of rotatable bonds is 6. The zero-order chi connectivity index (χ0) is 17.8. The van der Waals surface area contributed by atoms with Gasteiger partial charge in [0.05, 0.1) is 25.4 Å². The third-order valence-corrected chi connectivity index (χ3v) is 4.84. The number of amides is 1. The maximum atomic E-state index is 11.9. The first kappa shape index (κ1) is 17.2. The highest BCUT2D eigenvalue weighted by Crippen LogP contribution is 2.16. The van der Waals surface area contributed by atoms with Gasteiger partial charge in [-0.05, 0) is 39.0 Å². The standard InChI is InChI=1S/C18H20N4O2S/c1-12-11-25-18(20-12)8-17(23)21-19-9-15-7-13(2)22(14(15)3)10-16-5-4-6-24-16/h4-7,9,11H,8,10H2,1-3H3,(H,21,23)/b19-9-. The van der Waals surface area contributed by atoms with Crippen LogP contribution in [0.25, 0.3) is 0 Å². The third kappa shape index (κ3) is 4.24. The van der Waals surface area contributed by atoms with Gasteiger partial charge in [-0.2, -0.15) is 5.10 Å². The number of hydrazone groups is 1. The van der Waals surface area contributed by atoms with Crippen molar-refractivity contribution in [3.8, 4) is 0 Å². The number of nitrogens with zero attached hydrogens (tertiary/aromatic N) is 3. The smallest absolute Gasteiger partial charge is 0.246 e. The van der Waals surface area contributed by atoms with E-state index in [9.17, 15) is 4.79 Å². The average molecular weight is 356 g/mol. The van der Waals surface area contributed by atoms with E-state index in [1.807, 2.05) is 44.4 Å². The minimum absolute atomic E-state index is 0.171. The summed E-state index contributed by atoms with van der Waals surface area (Å²) >= 11 is 1.48. The Morgan fingerprint density at radius 3 is 2.96 bits per heavy atom. The van der Waals surface area contributed by atoms with Crippen molar-refractivity contribution >= 4 is 23.5 Å². The summed E-state index contributed by atoms with van der Waals surface area (Å²) in [5.74, 6) is 0.729. The molecule has 0 saturated heterocycles. The van der Waals surface area contributed by atoms with Crippen molar-refractivity contribution in [1.82, 2.24) is 15.0 Å². The molecular weight excluding hydrogens is 336 g/mol. The molecule has 0 aliphatic heterocycles. The van der Waals surface area contributed by atoms with Crippen LogP contribution >= 0.6 is 11.3 Å². The first-order valence-corrected chi connectivity index (χ1v) is 8.83. The predicted octanol–water partition coefficient (Wildman–Crippen LogP) is 3.20. The van der Waals surface area contributed by atoms with Crippen LogP contribution in [0.2, 0.25) is 0 Å². The zero-order valence-corrected chi connectivity index (χ0v) is 15.3. The maximum Gasteiger partial charge on any atom is 0.246 e. The molecule has 1 amide bonds. The topological polar surface area (TPSA) is 72.4 Å². The zero-order valence-electron chi connectivity index (χ0n) is 14.4. The number of nitrogens with one attached hydrogen (secondary N) is 1. The van der Waals surface area contributed by atoms with Crippen molar-refractivity contribution < 1.29 is 9.21 Å². The van der Waals surface area contributed by atoms with E-state index in [0.717, 1.165) is 33.4 Å². The van der Waals surface area contributed by atoms with Crippen LogP contribution in [-0.4, -0.2) is 21.7 Å². The summed E-state index contributed by atoms with van der Waals surface area (Å²) in [4.78, 5) is 16.2. The molecule has 0 atom stereocenters. The molecule has 3 heterocycles. The average Bonchev–Trinajstić information content (AvgIpc) is 3.27. The van der Waals surface area contributed by atoms with Gasteiger partial charge in [-0.15, -0.1) is 11.3 Å². The van der Waals surface area contributed by atoms with Crippen molar-refractivity contribution in [2.45, 2.75) is 33.7 Å². The van der Waals surface area contributed by atoms with E-state index in [1.54, 1.807) is 12.5 Å². The summed E-state index contributed by atoms with van der Waals surface area (Å²) in [6, 6.07) is 5.87. The summed E-state index contributed by atoms with van der Waals surface area (Å²) in [6.45, 7) is 6.65. The lowest BCUT2D eigenvalue weighted by Gasteiger charge is -2.07. The Kier molecular flexibility index (Phi) is 5.14. The molecule has 0 aliphatic carbocycles. The summed E-state index contributed by atoms with van der Waals surface area (Å²) in [7, 11) is 0. The molecule has 0 aliphatic rings. The number of furan rings is 1. The van der Waals surface area contributed by atoms with Crippen LogP contribution in [0.5, 0.6) is 0 Å². The van der Waals surface area contributed by atoms with Gasteiger partial charge in [0.1, 0.15) is 10.8 Å². The second-order valence-electron chi connectivity index (χ2n) is 5.84.